The zero-order valence-electron chi connectivity index (χ0n) is 23.2. The SMILES string of the molecule is COc1ccccc1[C@H]1CC(c2ccccc2F)=NN1C(=O)CN(CCN1CCOCC1)C(=O)NC(C)(C)C. The van der Waals surface area contributed by atoms with Gasteiger partial charge >= 0.3 is 6.03 Å². The molecule has 4 rings (SSSR count). The maximum Gasteiger partial charge on any atom is 0.318 e. The molecule has 0 bridgehead atoms. The van der Waals surface area contributed by atoms with Gasteiger partial charge in [0, 0.05) is 49.3 Å². The van der Waals surface area contributed by atoms with E-state index in [-0.39, 0.29) is 18.5 Å². The standard InChI is InChI=1S/C29H38FN5O4/c1-29(2,3)31-28(37)34(14-13-33-15-17-39-18-16-33)20-27(36)35-25(22-10-6-8-12-26(22)38-4)19-24(32-35)21-9-5-7-11-23(21)30/h5-12,25H,13-20H2,1-4H3,(H,31,37)/t25-/m1/s1. The van der Waals surface area contributed by atoms with Gasteiger partial charge in [-0.3, -0.25) is 9.69 Å². The Morgan fingerprint density at radius 3 is 2.51 bits per heavy atom. The number of benzene rings is 2. The highest BCUT2D eigenvalue weighted by Gasteiger charge is 2.36. The average Bonchev–Trinajstić information content (AvgIpc) is 3.36. The minimum absolute atomic E-state index is 0.175. The number of amides is 3. The number of rotatable bonds is 8. The van der Waals surface area contributed by atoms with E-state index in [1.54, 1.807) is 25.3 Å². The van der Waals surface area contributed by atoms with Crippen LogP contribution in [0.25, 0.3) is 0 Å². The number of methoxy groups -OCH3 is 1. The lowest BCUT2D eigenvalue weighted by molar-refractivity contribution is -0.133. The number of hydrogen-bond acceptors (Lipinski definition) is 6. The summed E-state index contributed by atoms with van der Waals surface area (Å²) in [6, 6.07) is 13.0. The molecule has 1 saturated heterocycles. The van der Waals surface area contributed by atoms with Crippen molar-refractivity contribution in [3.8, 4) is 5.75 Å². The van der Waals surface area contributed by atoms with Crippen LogP contribution in [-0.2, 0) is 9.53 Å². The molecule has 1 atom stereocenters. The van der Waals surface area contributed by atoms with Crippen LogP contribution in [0.5, 0.6) is 5.75 Å². The third-order valence-electron chi connectivity index (χ3n) is 6.73. The Hall–Kier alpha value is -3.50. The van der Waals surface area contributed by atoms with Crippen LogP contribution in [0.4, 0.5) is 9.18 Å². The predicted molar refractivity (Wildman–Crippen MR) is 147 cm³/mol. The minimum Gasteiger partial charge on any atom is -0.496 e. The van der Waals surface area contributed by atoms with Gasteiger partial charge in [0.15, 0.2) is 0 Å². The van der Waals surface area contributed by atoms with Gasteiger partial charge in [0.2, 0.25) is 0 Å². The van der Waals surface area contributed by atoms with Crippen LogP contribution in [0.3, 0.4) is 0 Å². The number of carbonyl (C=O) groups excluding carboxylic acids is 2. The van der Waals surface area contributed by atoms with Crippen molar-refractivity contribution >= 4 is 17.6 Å². The topological polar surface area (TPSA) is 86.7 Å². The molecule has 10 heteroatoms. The van der Waals surface area contributed by atoms with E-state index in [0.29, 0.717) is 49.7 Å². The fourth-order valence-electron chi connectivity index (χ4n) is 4.76. The van der Waals surface area contributed by atoms with Crippen molar-refractivity contribution in [2.24, 2.45) is 5.10 Å². The Morgan fingerprint density at radius 1 is 1.13 bits per heavy atom. The number of carbonyl (C=O) groups is 2. The Labute approximate surface area is 229 Å². The molecule has 2 aliphatic rings. The molecular weight excluding hydrogens is 501 g/mol. The second-order valence-corrected chi connectivity index (χ2v) is 10.8. The third kappa shape index (κ3) is 7.33. The molecule has 2 aliphatic heterocycles. The molecule has 2 heterocycles. The molecule has 0 unspecified atom stereocenters. The summed E-state index contributed by atoms with van der Waals surface area (Å²) >= 11 is 0. The van der Waals surface area contributed by atoms with Gasteiger partial charge in [-0.1, -0.05) is 36.4 Å². The summed E-state index contributed by atoms with van der Waals surface area (Å²) in [5.41, 5.74) is 1.11. The number of halogens is 1. The van der Waals surface area contributed by atoms with E-state index in [4.69, 9.17) is 9.47 Å². The van der Waals surface area contributed by atoms with Crippen LogP contribution < -0.4 is 10.1 Å². The van der Waals surface area contributed by atoms with Gasteiger partial charge in [0.25, 0.3) is 5.91 Å². The molecule has 1 fully saturated rings. The third-order valence-corrected chi connectivity index (χ3v) is 6.73. The predicted octanol–water partition coefficient (Wildman–Crippen LogP) is 3.65. The van der Waals surface area contributed by atoms with E-state index in [0.717, 1.165) is 18.7 Å². The molecule has 0 radical (unpaired) electrons. The van der Waals surface area contributed by atoms with Crippen molar-refractivity contribution in [3.05, 3.63) is 65.5 Å². The van der Waals surface area contributed by atoms with Gasteiger partial charge in [-0.25, -0.2) is 14.2 Å². The molecule has 0 aliphatic carbocycles. The van der Waals surface area contributed by atoms with E-state index in [9.17, 15) is 14.0 Å². The second-order valence-electron chi connectivity index (χ2n) is 10.8. The molecule has 3 amide bonds. The maximum absolute atomic E-state index is 14.7. The average molecular weight is 540 g/mol. The largest absolute Gasteiger partial charge is 0.496 e. The molecule has 0 spiro atoms. The summed E-state index contributed by atoms with van der Waals surface area (Å²) in [6.45, 7) is 9.36. The number of hydrazone groups is 1. The van der Waals surface area contributed by atoms with Crippen molar-refractivity contribution in [1.29, 1.82) is 0 Å². The van der Waals surface area contributed by atoms with Crippen molar-refractivity contribution in [3.63, 3.8) is 0 Å². The van der Waals surface area contributed by atoms with Crippen LogP contribution in [0.1, 0.15) is 44.4 Å². The highest BCUT2D eigenvalue weighted by molar-refractivity contribution is 6.03. The smallest absolute Gasteiger partial charge is 0.318 e. The summed E-state index contributed by atoms with van der Waals surface area (Å²) in [4.78, 5) is 30.9. The molecule has 0 saturated carbocycles. The first kappa shape index (κ1) is 28.5. The summed E-state index contributed by atoms with van der Waals surface area (Å²) in [7, 11) is 1.57. The zero-order valence-corrected chi connectivity index (χ0v) is 23.2. The normalized spacial score (nSPS) is 18.0. The second kappa shape index (κ2) is 12.6. The lowest BCUT2D eigenvalue weighted by Crippen LogP contribution is -2.53. The summed E-state index contributed by atoms with van der Waals surface area (Å²) in [5, 5.41) is 8.96. The van der Waals surface area contributed by atoms with Crippen LogP contribution in [0, 0.1) is 5.82 Å². The number of morpholine rings is 1. The molecule has 2 aromatic carbocycles. The van der Waals surface area contributed by atoms with Gasteiger partial charge in [-0.05, 0) is 32.9 Å². The van der Waals surface area contributed by atoms with Gasteiger partial charge in [-0.2, -0.15) is 5.10 Å². The number of urea groups is 1. The highest BCUT2D eigenvalue weighted by atomic mass is 19.1. The van der Waals surface area contributed by atoms with Crippen LogP contribution in [0.15, 0.2) is 53.6 Å². The number of ether oxygens (including phenoxy) is 2. The number of para-hydroxylation sites is 1. The quantitative estimate of drug-likeness (QED) is 0.554. The summed E-state index contributed by atoms with van der Waals surface area (Å²) in [6.07, 6.45) is 0.314. The highest BCUT2D eigenvalue weighted by Crippen LogP contribution is 2.37. The fraction of sp³-hybridized carbons (Fsp3) is 0.483. The van der Waals surface area contributed by atoms with E-state index < -0.39 is 17.4 Å². The monoisotopic (exact) mass is 539 g/mol. The Bertz CT molecular complexity index is 1190. The number of nitrogens with zero attached hydrogens (tertiary/aromatic N) is 4. The molecular formula is C29H38FN5O4. The van der Waals surface area contributed by atoms with Gasteiger partial charge in [0.05, 0.1) is 32.1 Å². The Kier molecular flexibility index (Phi) is 9.19. The van der Waals surface area contributed by atoms with Crippen molar-refractivity contribution in [1.82, 2.24) is 20.1 Å². The van der Waals surface area contributed by atoms with Crippen molar-refractivity contribution in [2.75, 3.05) is 53.0 Å². The Balaban J connectivity index is 1.61. The van der Waals surface area contributed by atoms with Gasteiger partial charge < -0.3 is 19.7 Å². The molecule has 0 aromatic heterocycles. The van der Waals surface area contributed by atoms with E-state index in [1.165, 1.54) is 16.0 Å². The van der Waals surface area contributed by atoms with Crippen molar-refractivity contribution in [2.45, 2.75) is 38.8 Å². The van der Waals surface area contributed by atoms with E-state index in [1.807, 2.05) is 45.0 Å². The summed E-state index contributed by atoms with van der Waals surface area (Å²) < 4.78 is 25.7. The molecule has 210 valence electrons. The first-order valence-corrected chi connectivity index (χ1v) is 13.3. The first-order valence-electron chi connectivity index (χ1n) is 13.3. The van der Waals surface area contributed by atoms with E-state index in [2.05, 4.69) is 15.3 Å². The molecule has 2 aromatic rings. The maximum atomic E-state index is 14.7. The molecule has 1 N–H and O–H groups in total. The van der Waals surface area contributed by atoms with Crippen LogP contribution in [0.2, 0.25) is 0 Å². The lowest BCUT2D eigenvalue weighted by Gasteiger charge is -2.33. The van der Waals surface area contributed by atoms with Gasteiger partial charge in [-0.15, -0.1) is 0 Å². The van der Waals surface area contributed by atoms with Crippen LogP contribution >= 0.6 is 0 Å². The zero-order chi connectivity index (χ0) is 28.0. The van der Waals surface area contributed by atoms with E-state index >= 15 is 0 Å². The first-order chi connectivity index (χ1) is 18.7. The van der Waals surface area contributed by atoms with Crippen molar-refractivity contribution < 1.29 is 23.5 Å². The number of nitrogens with one attached hydrogen (secondary N) is 1. The van der Waals surface area contributed by atoms with Gasteiger partial charge in [0.1, 0.15) is 18.1 Å². The Morgan fingerprint density at radius 2 is 1.82 bits per heavy atom. The van der Waals surface area contributed by atoms with Crippen LogP contribution in [-0.4, -0.2) is 91.0 Å². The number of hydrogen-bond donors (Lipinski definition) is 1. The molecule has 9 nitrogen and oxygen atoms in total. The fourth-order valence-corrected chi connectivity index (χ4v) is 4.76. The summed E-state index contributed by atoms with van der Waals surface area (Å²) in [5.74, 6) is -0.149. The molecule has 39 heavy (non-hydrogen) atoms. The minimum atomic E-state index is -0.505. The lowest BCUT2D eigenvalue weighted by atomic mass is 9.97.